The predicted octanol–water partition coefficient (Wildman–Crippen LogP) is 0.908. The zero-order valence-corrected chi connectivity index (χ0v) is 11.6. The first kappa shape index (κ1) is 14.2. The number of pyridine rings is 1. The second kappa shape index (κ2) is 5.54. The lowest BCUT2D eigenvalue weighted by Crippen LogP contribution is -2.20. The standard InChI is InChI=1S/C15H8N4O4/c16-5-10-4-11(6-17)15(21)19(14(10)20)18-7-9-2-1-3-12-13(9)23-8-22-12/h1-4,7,20H,8H2/b18-7+. The van der Waals surface area contributed by atoms with Crippen molar-refractivity contribution in [2.75, 3.05) is 6.79 Å². The predicted molar refractivity (Wildman–Crippen MR) is 77.4 cm³/mol. The van der Waals surface area contributed by atoms with E-state index in [0.717, 1.165) is 6.07 Å². The van der Waals surface area contributed by atoms with Crippen molar-refractivity contribution in [3.8, 4) is 29.5 Å². The zero-order chi connectivity index (χ0) is 16.4. The average molecular weight is 308 g/mol. The molecule has 0 fully saturated rings. The Bertz CT molecular complexity index is 963. The van der Waals surface area contributed by atoms with Crippen LogP contribution in [0.5, 0.6) is 17.4 Å². The molecule has 0 atom stereocenters. The van der Waals surface area contributed by atoms with E-state index >= 15 is 0 Å². The van der Waals surface area contributed by atoms with Gasteiger partial charge in [-0.2, -0.15) is 20.3 Å². The van der Waals surface area contributed by atoms with Crippen molar-refractivity contribution < 1.29 is 14.6 Å². The van der Waals surface area contributed by atoms with Gasteiger partial charge in [-0.05, 0) is 18.2 Å². The van der Waals surface area contributed by atoms with E-state index < -0.39 is 11.4 Å². The molecule has 8 nitrogen and oxygen atoms in total. The number of benzene rings is 1. The van der Waals surface area contributed by atoms with E-state index in [9.17, 15) is 9.90 Å². The van der Waals surface area contributed by atoms with Crippen molar-refractivity contribution in [3.63, 3.8) is 0 Å². The number of hydrogen-bond donors (Lipinski definition) is 1. The molecular weight excluding hydrogens is 300 g/mol. The van der Waals surface area contributed by atoms with Gasteiger partial charge < -0.3 is 14.6 Å². The molecule has 1 aromatic heterocycles. The number of fused-ring (bicyclic) bond motifs is 1. The van der Waals surface area contributed by atoms with Crippen LogP contribution in [-0.2, 0) is 0 Å². The first-order chi connectivity index (χ1) is 11.2. The van der Waals surface area contributed by atoms with E-state index in [1.807, 2.05) is 0 Å². The number of rotatable bonds is 2. The van der Waals surface area contributed by atoms with Crippen LogP contribution in [0, 0.1) is 22.7 Å². The normalized spacial score (nSPS) is 12.1. The van der Waals surface area contributed by atoms with Crippen LogP contribution in [0.25, 0.3) is 0 Å². The highest BCUT2D eigenvalue weighted by molar-refractivity contribution is 5.85. The Morgan fingerprint density at radius 1 is 1.26 bits per heavy atom. The Labute approximate surface area is 129 Å². The van der Waals surface area contributed by atoms with Crippen molar-refractivity contribution in [1.29, 1.82) is 10.5 Å². The Morgan fingerprint density at radius 2 is 2.04 bits per heavy atom. The Morgan fingerprint density at radius 3 is 2.78 bits per heavy atom. The van der Waals surface area contributed by atoms with Gasteiger partial charge in [0.2, 0.25) is 12.7 Å². The van der Waals surface area contributed by atoms with Crippen LogP contribution >= 0.6 is 0 Å². The fourth-order valence-corrected chi connectivity index (χ4v) is 2.04. The third-order valence-corrected chi connectivity index (χ3v) is 3.13. The van der Waals surface area contributed by atoms with Gasteiger partial charge >= 0.3 is 0 Å². The highest BCUT2D eigenvalue weighted by Gasteiger charge is 2.17. The minimum absolute atomic E-state index is 0.0773. The van der Waals surface area contributed by atoms with Gasteiger partial charge in [-0.25, -0.2) is 0 Å². The third-order valence-electron chi connectivity index (χ3n) is 3.13. The van der Waals surface area contributed by atoms with E-state index in [0.29, 0.717) is 21.7 Å². The molecule has 3 rings (SSSR count). The highest BCUT2D eigenvalue weighted by atomic mass is 16.7. The van der Waals surface area contributed by atoms with Crippen molar-refractivity contribution >= 4 is 6.21 Å². The molecule has 0 aliphatic carbocycles. The van der Waals surface area contributed by atoms with Crippen molar-refractivity contribution in [3.05, 3.63) is 51.3 Å². The van der Waals surface area contributed by atoms with Crippen LogP contribution in [-0.4, -0.2) is 22.8 Å². The number of para-hydroxylation sites is 1. The second-order valence-electron chi connectivity index (χ2n) is 4.46. The molecular formula is C15H8N4O4. The fourth-order valence-electron chi connectivity index (χ4n) is 2.04. The maximum absolute atomic E-state index is 12.0. The summed E-state index contributed by atoms with van der Waals surface area (Å²) in [6.07, 6.45) is 1.27. The van der Waals surface area contributed by atoms with Crippen LogP contribution in [0.2, 0.25) is 0 Å². The molecule has 0 amide bonds. The number of aromatic hydroxyl groups is 1. The summed E-state index contributed by atoms with van der Waals surface area (Å²) in [6.45, 7) is 0.0773. The molecule has 0 bridgehead atoms. The number of aromatic nitrogens is 1. The molecule has 0 spiro atoms. The molecule has 1 aliphatic rings. The first-order valence-corrected chi connectivity index (χ1v) is 6.38. The lowest BCUT2D eigenvalue weighted by molar-refractivity contribution is 0.174. The molecule has 0 saturated heterocycles. The van der Waals surface area contributed by atoms with Gasteiger partial charge in [-0.3, -0.25) is 4.79 Å². The van der Waals surface area contributed by atoms with Gasteiger partial charge in [0.15, 0.2) is 11.5 Å². The summed E-state index contributed by atoms with van der Waals surface area (Å²) in [5.74, 6) is 0.354. The van der Waals surface area contributed by atoms with Crippen molar-refractivity contribution in [2.45, 2.75) is 0 Å². The summed E-state index contributed by atoms with van der Waals surface area (Å²) >= 11 is 0. The SMILES string of the molecule is N#Cc1cc(C#N)c(=O)n(/N=C/c2cccc3c2OCO3)c1O. The van der Waals surface area contributed by atoms with Crippen LogP contribution in [0.1, 0.15) is 16.7 Å². The van der Waals surface area contributed by atoms with Gasteiger partial charge in [0.1, 0.15) is 23.3 Å². The van der Waals surface area contributed by atoms with Gasteiger partial charge in [-0.1, -0.05) is 6.07 Å². The van der Waals surface area contributed by atoms with Gasteiger partial charge in [0.05, 0.1) is 6.21 Å². The summed E-state index contributed by atoms with van der Waals surface area (Å²) in [4.78, 5) is 12.0. The Balaban J connectivity index is 2.11. The molecule has 1 aromatic carbocycles. The molecule has 0 unspecified atom stereocenters. The number of nitrogens with zero attached hydrogens (tertiary/aromatic N) is 4. The molecule has 112 valence electrons. The highest BCUT2D eigenvalue weighted by Crippen LogP contribution is 2.34. The molecule has 0 radical (unpaired) electrons. The quantitative estimate of drug-likeness (QED) is 0.823. The van der Waals surface area contributed by atoms with E-state index in [-0.39, 0.29) is 17.9 Å². The smallest absolute Gasteiger partial charge is 0.292 e. The number of nitriles is 2. The van der Waals surface area contributed by atoms with Gasteiger partial charge in [0, 0.05) is 5.56 Å². The summed E-state index contributed by atoms with van der Waals surface area (Å²) in [6, 6.07) is 9.48. The van der Waals surface area contributed by atoms with Gasteiger partial charge in [0.25, 0.3) is 5.56 Å². The summed E-state index contributed by atoms with van der Waals surface area (Å²) < 4.78 is 11.1. The average Bonchev–Trinajstić information content (AvgIpc) is 3.04. The van der Waals surface area contributed by atoms with Crippen LogP contribution in [0.3, 0.4) is 0 Å². The molecule has 0 saturated carbocycles. The monoisotopic (exact) mass is 308 g/mol. The lowest BCUT2D eigenvalue weighted by atomic mass is 10.2. The molecule has 8 heteroatoms. The molecule has 2 heterocycles. The topological polar surface area (TPSA) is 121 Å². The van der Waals surface area contributed by atoms with Crippen molar-refractivity contribution in [1.82, 2.24) is 4.68 Å². The summed E-state index contributed by atoms with van der Waals surface area (Å²) in [7, 11) is 0. The third kappa shape index (κ3) is 2.34. The Kier molecular flexibility index (Phi) is 3.41. The minimum Gasteiger partial charge on any atom is -0.492 e. The Hall–Kier alpha value is -3.78. The van der Waals surface area contributed by atoms with Crippen molar-refractivity contribution in [2.24, 2.45) is 5.10 Å². The second-order valence-corrected chi connectivity index (χ2v) is 4.46. The van der Waals surface area contributed by atoms with E-state index in [2.05, 4.69) is 5.10 Å². The minimum atomic E-state index is -0.829. The maximum atomic E-state index is 12.0. The summed E-state index contributed by atoms with van der Waals surface area (Å²) in [5.41, 5.74) is -0.831. The van der Waals surface area contributed by atoms with Crippen LogP contribution < -0.4 is 15.0 Å². The van der Waals surface area contributed by atoms with E-state index in [4.69, 9.17) is 20.0 Å². The zero-order valence-electron chi connectivity index (χ0n) is 11.6. The van der Waals surface area contributed by atoms with Gasteiger partial charge in [-0.15, -0.1) is 0 Å². The molecule has 23 heavy (non-hydrogen) atoms. The van der Waals surface area contributed by atoms with Crippen LogP contribution in [0.15, 0.2) is 34.2 Å². The molecule has 1 aliphatic heterocycles. The van der Waals surface area contributed by atoms with E-state index in [1.54, 1.807) is 30.3 Å². The summed E-state index contributed by atoms with van der Waals surface area (Å²) in [5, 5.41) is 31.6. The number of hydrogen-bond acceptors (Lipinski definition) is 7. The van der Waals surface area contributed by atoms with E-state index in [1.165, 1.54) is 6.21 Å². The fraction of sp³-hybridized carbons (Fsp3) is 0.0667. The largest absolute Gasteiger partial charge is 0.492 e. The molecule has 2 aromatic rings. The van der Waals surface area contributed by atoms with Crippen LogP contribution in [0.4, 0.5) is 0 Å². The lowest BCUT2D eigenvalue weighted by Gasteiger charge is -2.05. The first-order valence-electron chi connectivity index (χ1n) is 6.38. The maximum Gasteiger partial charge on any atom is 0.292 e. The molecule has 1 N–H and O–H groups in total. The number of ether oxygens (including phenoxy) is 2.